The number of carboxylic acid groups (broad SMARTS) is 1. The minimum Gasteiger partial charge on any atom is -0.481 e. The standard InChI is InChI=1S/C15H15FN2O3/c1-9-11(7-8-14(19)20)10(2)18(15(21)17-9)13-6-4-3-5-12(13)16/h3-6H,7-8H2,1-2H3,(H,19,20). The molecule has 0 radical (unpaired) electrons. The van der Waals surface area contributed by atoms with Gasteiger partial charge in [0.05, 0.1) is 5.69 Å². The van der Waals surface area contributed by atoms with Crippen LogP contribution < -0.4 is 5.69 Å². The molecule has 1 N–H and O–H groups in total. The Balaban J connectivity index is 2.62. The van der Waals surface area contributed by atoms with Crippen molar-refractivity contribution in [3.63, 3.8) is 0 Å². The minimum atomic E-state index is -0.933. The van der Waals surface area contributed by atoms with Crippen LogP contribution >= 0.6 is 0 Å². The highest BCUT2D eigenvalue weighted by molar-refractivity contribution is 5.67. The van der Waals surface area contributed by atoms with E-state index in [-0.39, 0.29) is 18.5 Å². The molecule has 1 aromatic heterocycles. The van der Waals surface area contributed by atoms with Gasteiger partial charge in [0.25, 0.3) is 0 Å². The molecule has 1 aromatic carbocycles. The van der Waals surface area contributed by atoms with E-state index in [4.69, 9.17) is 5.11 Å². The van der Waals surface area contributed by atoms with Crippen LogP contribution in [0.3, 0.4) is 0 Å². The maximum Gasteiger partial charge on any atom is 0.352 e. The van der Waals surface area contributed by atoms with E-state index in [0.29, 0.717) is 17.0 Å². The van der Waals surface area contributed by atoms with Crippen LogP contribution in [-0.4, -0.2) is 20.6 Å². The fraction of sp³-hybridized carbons (Fsp3) is 0.267. The van der Waals surface area contributed by atoms with Gasteiger partial charge in [-0.2, -0.15) is 4.98 Å². The van der Waals surface area contributed by atoms with Crippen molar-refractivity contribution in [3.8, 4) is 5.69 Å². The zero-order valence-electron chi connectivity index (χ0n) is 11.8. The first-order valence-electron chi connectivity index (χ1n) is 6.47. The molecule has 0 bridgehead atoms. The molecule has 5 nitrogen and oxygen atoms in total. The molecule has 6 heteroatoms. The Morgan fingerprint density at radius 3 is 2.62 bits per heavy atom. The maximum atomic E-state index is 13.9. The van der Waals surface area contributed by atoms with Crippen LogP contribution in [0, 0.1) is 19.7 Å². The number of hydrogen-bond donors (Lipinski definition) is 1. The lowest BCUT2D eigenvalue weighted by Crippen LogP contribution is -2.27. The quantitative estimate of drug-likeness (QED) is 0.935. The highest BCUT2D eigenvalue weighted by atomic mass is 19.1. The molecule has 2 aromatic rings. The van der Waals surface area contributed by atoms with Gasteiger partial charge in [0.1, 0.15) is 5.82 Å². The highest BCUT2D eigenvalue weighted by Gasteiger charge is 2.15. The maximum absolute atomic E-state index is 13.9. The number of rotatable bonds is 4. The van der Waals surface area contributed by atoms with Crippen LogP contribution in [0.5, 0.6) is 0 Å². The van der Waals surface area contributed by atoms with Gasteiger partial charge in [0, 0.05) is 17.8 Å². The topological polar surface area (TPSA) is 72.2 Å². The van der Waals surface area contributed by atoms with Crippen LogP contribution in [-0.2, 0) is 11.2 Å². The van der Waals surface area contributed by atoms with Crippen LogP contribution in [0.1, 0.15) is 23.4 Å². The summed E-state index contributed by atoms with van der Waals surface area (Å²) in [6.07, 6.45) is 0.174. The third-order valence-corrected chi connectivity index (χ3v) is 3.35. The van der Waals surface area contributed by atoms with Gasteiger partial charge in [-0.05, 0) is 38.0 Å². The fourth-order valence-electron chi connectivity index (χ4n) is 2.31. The zero-order chi connectivity index (χ0) is 15.6. The molecule has 0 aliphatic heterocycles. The summed E-state index contributed by atoms with van der Waals surface area (Å²) in [5, 5.41) is 8.79. The van der Waals surface area contributed by atoms with Crippen molar-refractivity contribution >= 4 is 5.97 Å². The molecule has 0 amide bonds. The number of aliphatic carboxylic acids is 1. The summed E-state index contributed by atoms with van der Waals surface area (Å²) in [4.78, 5) is 26.7. The first-order valence-corrected chi connectivity index (χ1v) is 6.47. The number of nitrogens with zero attached hydrogens (tertiary/aromatic N) is 2. The highest BCUT2D eigenvalue weighted by Crippen LogP contribution is 2.18. The van der Waals surface area contributed by atoms with E-state index in [2.05, 4.69) is 4.98 Å². The Hall–Kier alpha value is -2.50. The Morgan fingerprint density at radius 2 is 2.00 bits per heavy atom. The van der Waals surface area contributed by atoms with E-state index in [1.165, 1.54) is 22.8 Å². The number of carbonyl (C=O) groups is 1. The second-order valence-corrected chi connectivity index (χ2v) is 4.72. The molecule has 0 fully saturated rings. The Labute approximate surface area is 120 Å². The first kappa shape index (κ1) is 14.9. The SMILES string of the molecule is Cc1nc(=O)n(-c2ccccc2F)c(C)c1CCC(=O)O. The summed E-state index contributed by atoms with van der Waals surface area (Å²) >= 11 is 0. The monoisotopic (exact) mass is 290 g/mol. The lowest BCUT2D eigenvalue weighted by molar-refractivity contribution is -0.136. The van der Waals surface area contributed by atoms with Crippen molar-refractivity contribution in [2.24, 2.45) is 0 Å². The largest absolute Gasteiger partial charge is 0.481 e. The molecule has 0 aliphatic carbocycles. The lowest BCUT2D eigenvalue weighted by atomic mass is 10.1. The summed E-state index contributed by atoms with van der Waals surface area (Å²) in [6, 6.07) is 5.91. The van der Waals surface area contributed by atoms with E-state index in [1.54, 1.807) is 19.9 Å². The van der Waals surface area contributed by atoms with E-state index < -0.39 is 17.5 Å². The number of aromatic nitrogens is 2. The molecule has 21 heavy (non-hydrogen) atoms. The van der Waals surface area contributed by atoms with Gasteiger partial charge >= 0.3 is 11.7 Å². The predicted molar refractivity (Wildman–Crippen MR) is 75.2 cm³/mol. The third-order valence-electron chi connectivity index (χ3n) is 3.35. The first-order chi connectivity index (χ1) is 9.91. The van der Waals surface area contributed by atoms with Gasteiger partial charge in [-0.1, -0.05) is 12.1 Å². The number of hydrogen-bond acceptors (Lipinski definition) is 3. The average Bonchev–Trinajstić information content (AvgIpc) is 2.40. The molecule has 0 unspecified atom stereocenters. The van der Waals surface area contributed by atoms with Crippen LogP contribution in [0.15, 0.2) is 29.1 Å². The summed E-state index contributed by atoms with van der Waals surface area (Å²) in [5.41, 5.74) is 1.18. The molecule has 0 saturated carbocycles. The molecule has 110 valence electrons. The fourth-order valence-corrected chi connectivity index (χ4v) is 2.31. The van der Waals surface area contributed by atoms with Gasteiger partial charge in [-0.3, -0.25) is 9.36 Å². The number of halogens is 1. The summed E-state index contributed by atoms with van der Waals surface area (Å²) in [5.74, 6) is -1.46. The minimum absolute atomic E-state index is 0.0706. The van der Waals surface area contributed by atoms with E-state index in [9.17, 15) is 14.0 Å². The van der Waals surface area contributed by atoms with Gasteiger partial charge < -0.3 is 5.11 Å². The Kier molecular flexibility index (Phi) is 4.16. The normalized spacial score (nSPS) is 10.6. The summed E-state index contributed by atoms with van der Waals surface area (Å²) in [6.45, 7) is 3.32. The Bertz CT molecular complexity index is 753. The molecular weight excluding hydrogens is 275 g/mol. The molecule has 0 atom stereocenters. The van der Waals surface area contributed by atoms with E-state index in [1.807, 2.05) is 0 Å². The van der Waals surface area contributed by atoms with Crippen molar-refractivity contribution < 1.29 is 14.3 Å². The van der Waals surface area contributed by atoms with Gasteiger partial charge in [-0.15, -0.1) is 0 Å². The average molecular weight is 290 g/mol. The molecule has 2 rings (SSSR count). The van der Waals surface area contributed by atoms with Crippen molar-refractivity contribution in [2.45, 2.75) is 26.7 Å². The van der Waals surface area contributed by atoms with Crippen LogP contribution in [0.2, 0.25) is 0 Å². The van der Waals surface area contributed by atoms with E-state index in [0.717, 1.165) is 0 Å². The number of carboxylic acids is 1. The van der Waals surface area contributed by atoms with Crippen molar-refractivity contribution in [3.05, 3.63) is 57.5 Å². The predicted octanol–water partition coefficient (Wildman–Crippen LogP) is 2.01. The lowest BCUT2D eigenvalue weighted by Gasteiger charge is -2.15. The number of aryl methyl sites for hydroxylation is 1. The van der Waals surface area contributed by atoms with E-state index >= 15 is 0 Å². The Morgan fingerprint density at radius 1 is 1.33 bits per heavy atom. The van der Waals surface area contributed by atoms with Crippen molar-refractivity contribution in [1.82, 2.24) is 9.55 Å². The van der Waals surface area contributed by atoms with Gasteiger partial charge in [0.15, 0.2) is 0 Å². The summed E-state index contributed by atoms with van der Waals surface area (Å²) < 4.78 is 15.1. The van der Waals surface area contributed by atoms with Crippen molar-refractivity contribution in [2.75, 3.05) is 0 Å². The molecule has 0 saturated heterocycles. The van der Waals surface area contributed by atoms with Gasteiger partial charge in [0.2, 0.25) is 0 Å². The zero-order valence-corrected chi connectivity index (χ0v) is 11.8. The van der Waals surface area contributed by atoms with Gasteiger partial charge in [-0.25, -0.2) is 9.18 Å². The van der Waals surface area contributed by atoms with Crippen LogP contribution in [0.25, 0.3) is 5.69 Å². The second-order valence-electron chi connectivity index (χ2n) is 4.72. The third kappa shape index (κ3) is 2.99. The molecule has 0 spiro atoms. The summed E-state index contributed by atoms with van der Waals surface area (Å²) in [7, 11) is 0. The molecular formula is C15H15FN2O3. The molecule has 1 heterocycles. The van der Waals surface area contributed by atoms with Crippen LogP contribution in [0.4, 0.5) is 4.39 Å². The number of para-hydroxylation sites is 1. The molecule has 0 aliphatic rings. The second kappa shape index (κ2) is 5.87. The number of benzene rings is 1. The van der Waals surface area contributed by atoms with Crippen molar-refractivity contribution in [1.29, 1.82) is 0 Å². The smallest absolute Gasteiger partial charge is 0.352 e.